The van der Waals surface area contributed by atoms with Gasteiger partial charge in [0.05, 0.1) is 23.8 Å². The number of aliphatic hydroxyl groups is 1. The fourth-order valence-corrected chi connectivity index (χ4v) is 12.0. The van der Waals surface area contributed by atoms with Gasteiger partial charge in [0.1, 0.15) is 11.6 Å². The number of allylic oxidation sites excluding steroid dienone is 1. The molecule has 0 saturated carbocycles. The number of alkyl halides is 3. The number of ether oxygens (including phenoxy) is 1. The van der Waals surface area contributed by atoms with Crippen molar-refractivity contribution in [2.75, 3.05) is 76.6 Å². The van der Waals surface area contributed by atoms with Gasteiger partial charge in [-0.15, -0.1) is 16.2 Å². The second-order valence-electron chi connectivity index (χ2n) is 18.3. The molecule has 3 heterocycles. The maximum atomic E-state index is 14.1. The number of anilines is 1. The van der Waals surface area contributed by atoms with Crippen LogP contribution in [0.5, 0.6) is 0 Å². The number of nitrogens with one attached hydrogen (secondary N) is 1. The Hall–Kier alpha value is -3.39. The van der Waals surface area contributed by atoms with E-state index in [4.69, 9.17) is 22.1 Å². The zero-order chi connectivity index (χ0) is 47.1. The number of amidine groups is 1. The Bertz CT molecular complexity index is 2370. The van der Waals surface area contributed by atoms with E-state index < -0.39 is 26.2 Å². The molecule has 3 aliphatic heterocycles. The van der Waals surface area contributed by atoms with E-state index in [0.717, 1.165) is 56.4 Å². The molecule has 11 nitrogen and oxygen atoms in total. The fourth-order valence-electron chi connectivity index (χ4n) is 9.16. The lowest BCUT2D eigenvalue weighted by Crippen LogP contribution is -2.57. The van der Waals surface area contributed by atoms with Crippen LogP contribution in [-0.4, -0.2) is 129 Å². The number of nitrogens with two attached hydrogens (primary N) is 1. The molecule has 2 saturated heterocycles. The Balaban J connectivity index is 1.03. The van der Waals surface area contributed by atoms with E-state index >= 15 is 0 Å². The molecular weight excluding hydrogens is 927 g/mol. The maximum Gasteiger partial charge on any atom is 0.446 e. The second-order valence-corrected chi connectivity index (χ2v) is 22.5. The van der Waals surface area contributed by atoms with Crippen LogP contribution in [0.1, 0.15) is 64.4 Å². The predicted octanol–water partition coefficient (Wildman–Crippen LogP) is 9.40. The van der Waals surface area contributed by atoms with Crippen LogP contribution in [0.4, 0.5) is 18.9 Å². The van der Waals surface area contributed by atoms with Crippen molar-refractivity contribution in [1.82, 2.24) is 14.7 Å². The number of sulfonamides is 1. The van der Waals surface area contributed by atoms with Crippen molar-refractivity contribution >= 4 is 69.0 Å². The Kier molecular flexibility index (Phi) is 16.8. The molecule has 0 radical (unpaired) electrons. The zero-order valence-corrected chi connectivity index (χ0v) is 40.9. The van der Waals surface area contributed by atoms with Gasteiger partial charge in [-0.05, 0) is 110 Å². The van der Waals surface area contributed by atoms with Crippen molar-refractivity contribution in [2.45, 2.75) is 90.8 Å². The summed E-state index contributed by atoms with van der Waals surface area (Å²) in [6, 6.07) is 21.2. The molecule has 0 unspecified atom stereocenters. The normalized spacial score (nSPS) is 20.9. The van der Waals surface area contributed by atoms with E-state index in [1.165, 1.54) is 28.8 Å². The van der Waals surface area contributed by atoms with E-state index in [-0.39, 0.29) is 52.6 Å². The molecule has 7 rings (SSSR count). The molecule has 66 heavy (non-hydrogen) atoms. The minimum atomic E-state index is -4.70. The zero-order valence-electron chi connectivity index (χ0n) is 37.7. The van der Waals surface area contributed by atoms with Crippen molar-refractivity contribution < 1.29 is 31.4 Å². The van der Waals surface area contributed by atoms with Gasteiger partial charge in [0, 0.05) is 103 Å². The van der Waals surface area contributed by atoms with E-state index in [1.54, 1.807) is 11.8 Å². The van der Waals surface area contributed by atoms with Gasteiger partial charge in [0.2, 0.25) is 0 Å². The van der Waals surface area contributed by atoms with Gasteiger partial charge in [0.15, 0.2) is 0 Å². The van der Waals surface area contributed by atoms with Crippen molar-refractivity contribution in [1.29, 1.82) is 0 Å². The number of thioether (sulfide) groups is 2. The average molecular weight is 989 g/mol. The van der Waals surface area contributed by atoms with Crippen LogP contribution in [0.3, 0.4) is 0 Å². The number of hydrogen-bond acceptors (Lipinski definition) is 11. The fraction of sp³-hybridized carbons (Fsp3) is 0.500. The topological polar surface area (TPSA) is 136 Å². The highest BCUT2D eigenvalue weighted by atomic mass is 35.5. The summed E-state index contributed by atoms with van der Waals surface area (Å²) in [5.41, 5.74) is 5.73. The van der Waals surface area contributed by atoms with E-state index in [9.17, 15) is 26.7 Å². The number of piperidine rings is 1. The first-order chi connectivity index (χ1) is 31.4. The van der Waals surface area contributed by atoms with Crippen molar-refractivity contribution in [3.05, 3.63) is 100 Å². The number of benzene rings is 3. The number of morpholine rings is 1. The van der Waals surface area contributed by atoms with Crippen molar-refractivity contribution in [3.8, 4) is 0 Å². The van der Waals surface area contributed by atoms with Gasteiger partial charge in [-0.3, -0.25) is 19.7 Å². The molecule has 18 heteroatoms. The Labute approximate surface area is 401 Å². The van der Waals surface area contributed by atoms with E-state index in [0.29, 0.717) is 74.2 Å². The summed E-state index contributed by atoms with van der Waals surface area (Å²) in [6.45, 7) is 14.6. The molecule has 1 aliphatic carbocycles. The summed E-state index contributed by atoms with van der Waals surface area (Å²) in [7, 11) is -4.57. The van der Waals surface area contributed by atoms with Crippen LogP contribution >= 0.6 is 35.1 Å². The van der Waals surface area contributed by atoms with Crippen LogP contribution < -0.4 is 11.1 Å². The van der Waals surface area contributed by atoms with Gasteiger partial charge in [-0.1, -0.05) is 61.4 Å². The molecular formula is C48H61ClF3N7O4S3. The number of nitrogens with zero attached hydrogens (tertiary/aromatic N) is 5. The third kappa shape index (κ3) is 13.7. The van der Waals surface area contributed by atoms with Gasteiger partial charge in [-0.25, -0.2) is 0 Å². The van der Waals surface area contributed by atoms with Crippen LogP contribution in [0.25, 0.3) is 5.57 Å². The van der Waals surface area contributed by atoms with Gasteiger partial charge < -0.3 is 20.9 Å². The Morgan fingerprint density at radius 2 is 1.70 bits per heavy atom. The lowest BCUT2D eigenvalue weighted by atomic mass is 9.72. The quantitative estimate of drug-likeness (QED) is 0.0679. The standard InChI is InChI=1S/C48H61ClF3N7O4S3/c1-46(2)18-15-35(41(30-46)34-9-11-36(49)12-10-34)31-58-23-19-47(60,20-24-58)59-22-17-40(43(32-59)54-3)45(53)56-66(61,62)39-13-14-42(44(29-39)65-48(50,51)52)55-37(16-21-57-25-27-63-28-26-57)33-64-38-7-5-4-6-8-38/h4-14,29,37,55,60H,3,15-28,30-33H2,1-2H3,(H2,53,56)/t37-/m1/s1. The van der Waals surface area contributed by atoms with Gasteiger partial charge >= 0.3 is 5.51 Å². The Morgan fingerprint density at radius 3 is 2.38 bits per heavy atom. The van der Waals surface area contributed by atoms with Crippen LogP contribution in [-0.2, 0) is 14.8 Å². The average Bonchev–Trinajstić information content (AvgIpc) is 3.29. The summed E-state index contributed by atoms with van der Waals surface area (Å²) in [5, 5.41) is 16.0. The molecule has 3 aromatic carbocycles. The number of likely N-dealkylation sites (tertiary alicyclic amines) is 1. The molecule has 3 aromatic rings. The first kappa shape index (κ1) is 50.5. The predicted molar refractivity (Wildman–Crippen MR) is 263 cm³/mol. The van der Waals surface area contributed by atoms with Gasteiger partial charge in [-0.2, -0.15) is 21.6 Å². The molecule has 1 atom stereocenters. The number of halogens is 4. The van der Waals surface area contributed by atoms with Crippen molar-refractivity contribution in [2.24, 2.45) is 20.5 Å². The maximum absolute atomic E-state index is 14.1. The molecule has 2 fully saturated rings. The molecule has 0 amide bonds. The van der Waals surface area contributed by atoms with Crippen LogP contribution in [0, 0.1) is 5.41 Å². The SMILES string of the molecule is C=NC1=C(/C(N)=N/S(=O)(=O)c2ccc(N[C@H](CCN3CCOCC3)CSc3ccccc3)c(SC(F)(F)F)c2)CCN(C2(O)CCN(CC3=C(c4ccc(Cl)cc4)CC(C)(C)CC3)CC2)C1. The molecule has 4 aliphatic rings. The number of rotatable bonds is 17. The highest BCUT2D eigenvalue weighted by molar-refractivity contribution is 8.00. The smallest absolute Gasteiger partial charge is 0.383 e. The number of hydrogen-bond donors (Lipinski definition) is 3. The largest absolute Gasteiger partial charge is 0.446 e. The lowest BCUT2D eigenvalue weighted by molar-refractivity contribution is -0.139. The van der Waals surface area contributed by atoms with Crippen LogP contribution in [0.2, 0.25) is 5.02 Å². The van der Waals surface area contributed by atoms with Crippen LogP contribution in [0.15, 0.2) is 114 Å². The molecule has 0 spiro atoms. The molecule has 0 aromatic heterocycles. The third-order valence-electron chi connectivity index (χ3n) is 13.0. The summed E-state index contributed by atoms with van der Waals surface area (Å²) < 4.78 is 79.2. The highest BCUT2D eigenvalue weighted by Gasteiger charge is 2.41. The first-order valence-corrected chi connectivity index (χ1v) is 26.1. The summed E-state index contributed by atoms with van der Waals surface area (Å²) in [6.07, 6.45) is 5.00. The van der Waals surface area contributed by atoms with E-state index in [2.05, 4.69) is 57.2 Å². The van der Waals surface area contributed by atoms with Gasteiger partial charge in [0.25, 0.3) is 10.0 Å². The number of aliphatic imine (C=N–C) groups is 1. The summed E-state index contributed by atoms with van der Waals surface area (Å²) in [5.74, 6) is 0.254. The summed E-state index contributed by atoms with van der Waals surface area (Å²) in [4.78, 5) is 11.1. The first-order valence-electron chi connectivity index (χ1n) is 22.5. The molecule has 358 valence electrons. The molecule has 4 N–H and O–H groups in total. The Morgan fingerprint density at radius 1 is 0.985 bits per heavy atom. The third-order valence-corrected chi connectivity index (χ3v) is 16.5. The highest BCUT2D eigenvalue weighted by Crippen LogP contribution is 2.45. The lowest BCUT2D eigenvalue weighted by Gasteiger charge is -2.47. The second kappa shape index (κ2) is 21.9. The summed E-state index contributed by atoms with van der Waals surface area (Å²) >= 11 is 7.44. The minimum absolute atomic E-state index is 0.170. The minimum Gasteiger partial charge on any atom is -0.383 e. The van der Waals surface area contributed by atoms with E-state index in [1.807, 2.05) is 47.4 Å². The monoisotopic (exact) mass is 987 g/mol. The molecule has 0 bridgehead atoms. The van der Waals surface area contributed by atoms with Crippen molar-refractivity contribution in [3.63, 3.8) is 0 Å².